The van der Waals surface area contributed by atoms with Gasteiger partial charge in [-0.1, -0.05) is 6.07 Å². The smallest absolute Gasteiger partial charge is 0.122 e. The molecule has 15 heavy (non-hydrogen) atoms. The van der Waals surface area contributed by atoms with Crippen LogP contribution >= 0.6 is 11.6 Å². The molecule has 1 saturated heterocycles. The van der Waals surface area contributed by atoms with Crippen LogP contribution in [-0.2, 0) is 9.61 Å². The van der Waals surface area contributed by atoms with Crippen molar-refractivity contribution in [3.63, 3.8) is 0 Å². The molecule has 2 nitrogen and oxygen atoms in total. The van der Waals surface area contributed by atoms with Gasteiger partial charge in [0.1, 0.15) is 10.6 Å². The highest BCUT2D eigenvalue weighted by Crippen LogP contribution is 2.40. The number of benzene rings is 1. The zero-order chi connectivity index (χ0) is 11.1. The first kappa shape index (κ1) is 10.8. The number of methoxy groups -OCH3 is 1. The van der Waals surface area contributed by atoms with Crippen molar-refractivity contribution in [3.8, 4) is 5.75 Å². The second kappa shape index (κ2) is 3.69. The molecule has 0 atom stereocenters. The average Bonchev–Trinajstić information content (AvgIpc) is 2.19. The molecular formula is C12H15ClO2. The molecule has 0 aliphatic carbocycles. The highest BCUT2D eigenvalue weighted by Gasteiger charge is 2.39. The van der Waals surface area contributed by atoms with Crippen molar-refractivity contribution in [1.29, 1.82) is 0 Å². The van der Waals surface area contributed by atoms with Gasteiger partial charge < -0.3 is 9.47 Å². The average molecular weight is 227 g/mol. The third-order valence-electron chi connectivity index (χ3n) is 3.10. The normalized spacial score (nSPS) is 18.4. The molecule has 0 spiro atoms. The summed E-state index contributed by atoms with van der Waals surface area (Å²) in [6.45, 7) is 5.33. The second-order valence-corrected chi connectivity index (χ2v) is 4.75. The molecule has 2 rings (SSSR count). The van der Waals surface area contributed by atoms with Crippen molar-refractivity contribution >= 4 is 11.6 Å². The molecule has 0 radical (unpaired) electrons. The first-order valence-corrected chi connectivity index (χ1v) is 5.37. The molecule has 82 valence electrons. The Morgan fingerprint density at radius 3 is 2.40 bits per heavy atom. The molecule has 3 heteroatoms. The number of halogens is 1. The maximum atomic E-state index is 6.44. The van der Waals surface area contributed by atoms with E-state index in [4.69, 9.17) is 21.1 Å². The quantitative estimate of drug-likeness (QED) is 0.722. The van der Waals surface area contributed by atoms with E-state index in [1.807, 2.05) is 12.1 Å². The highest BCUT2D eigenvalue weighted by atomic mass is 35.5. The number of ether oxygens (including phenoxy) is 2. The van der Waals surface area contributed by atoms with Gasteiger partial charge in [0.05, 0.1) is 20.3 Å². The van der Waals surface area contributed by atoms with Gasteiger partial charge in [-0.05, 0) is 36.6 Å². The fourth-order valence-electron chi connectivity index (χ4n) is 1.94. The van der Waals surface area contributed by atoms with E-state index in [0.717, 1.165) is 16.9 Å². The lowest BCUT2D eigenvalue weighted by Gasteiger charge is -2.37. The van der Waals surface area contributed by atoms with Crippen molar-refractivity contribution in [2.45, 2.75) is 18.7 Å². The fraction of sp³-hybridized carbons (Fsp3) is 0.500. The molecule has 0 amide bonds. The van der Waals surface area contributed by atoms with Crippen molar-refractivity contribution in [2.24, 2.45) is 0 Å². The summed E-state index contributed by atoms with van der Waals surface area (Å²) in [5.74, 6) is 0.914. The predicted octanol–water partition coefficient (Wildman–Crippen LogP) is 2.78. The molecule has 1 heterocycles. The maximum Gasteiger partial charge on any atom is 0.122 e. The lowest BCUT2D eigenvalue weighted by Crippen LogP contribution is -2.42. The maximum absolute atomic E-state index is 6.44. The topological polar surface area (TPSA) is 18.5 Å². The van der Waals surface area contributed by atoms with E-state index in [1.165, 1.54) is 5.56 Å². The summed E-state index contributed by atoms with van der Waals surface area (Å²) in [5.41, 5.74) is 3.52. The van der Waals surface area contributed by atoms with Gasteiger partial charge in [0, 0.05) is 0 Å². The van der Waals surface area contributed by atoms with E-state index in [2.05, 4.69) is 13.8 Å². The SMILES string of the molecule is COc1ccc(C2(Cl)COC2)c(C)c1C. The molecule has 1 aromatic carbocycles. The van der Waals surface area contributed by atoms with Crippen LogP contribution in [0.15, 0.2) is 12.1 Å². The van der Waals surface area contributed by atoms with Crippen LogP contribution in [0, 0.1) is 13.8 Å². The Morgan fingerprint density at radius 1 is 1.27 bits per heavy atom. The van der Waals surface area contributed by atoms with E-state index in [9.17, 15) is 0 Å². The molecule has 0 saturated carbocycles. The van der Waals surface area contributed by atoms with Crippen LogP contribution in [0.4, 0.5) is 0 Å². The Balaban J connectivity index is 2.46. The molecule has 1 aliphatic rings. The van der Waals surface area contributed by atoms with E-state index in [1.54, 1.807) is 7.11 Å². The minimum Gasteiger partial charge on any atom is -0.496 e. The standard InChI is InChI=1S/C12H15ClO2/c1-8-9(2)11(14-3)5-4-10(8)12(13)6-15-7-12/h4-5H,6-7H2,1-3H3. The monoisotopic (exact) mass is 226 g/mol. The summed E-state index contributed by atoms with van der Waals surface area (Å²) in [5, 5.41) is 0. The third kappa shape index (κ3) is 1.62. The van der Waals surface area contributed by atoms with Crippen LogP contribution < -0.4 is 4.74 Å². The fourth-order valence-corrected chi connectivity index (χ4v) is 2.30. The molecular weight excluding hydrogens is 212 g/mol. The Labute approximate surface area is 95.1 Å². The van der Waals surface area contributed by atoms with Crippen molar-refractivity contribution in [3.05, 3.63) is 28.8 Å². The molecule has 0 N–H and O–H groups in total. The number of hydrogen-bond acceptors (Lipinski definition) is 2. The van der Waals surface area contributed by atoms with E-state index < -0.39 is 0 Å². The van der Waals surface area contributed by atoms with Gasteiger partial charge in [-0.2, -0.15) is 0 Å². The van der Waals surface area contributed by atoms with E-state index in [0.29, 0.717) is 13.2 Å². The Kier molecular flexibility index (Phi) is 2.65. The first-order chi connectivity index (χ1) is 7.08. The van der Waals surface area contributed by atoms with E-state index in [-0.39, 0.29) is 4.87 Å². The van der Waals surface area contributed by atoms with E-state index >= 15 is 0 Å². The van der Waals surface area contributed by atoms with Crippen LogP contribution in [0.3, 0.4) is 0 Å². The zero-order valence-corrected chi connectivity index (χ0v) is 10.0. The molecule has 1 aromatic rings. The third-order valence-corrected chi connectivity index (χ3v) is 3.52. The van der Waals surface area contributed by atoms with Gasteiger partial charge >= 0.3 is 0 Å². The summed E-state index contributed by atoms with van der Waals surface area (Å²) in [4.78, 5) is -0.318. The van der Waals surface area contributed by atoms with Gasteiger partial charge in [0.15, 0.2) is 0 Å². The number of alkyl halides is 1. The minimum atomic E-state index is -0.318. The number of hydrogen-bond donors (Lipinski definition) is 0. The van der Waals surface area contributed by atoms with Gasteiger partial charge in [0.2, 0.25) is 0 Å². The van der Waals surface area contributed by atoms with Gasteiger partial charge in [-0.25, -0.2) is 0 Å². The Bertz CT molecular complexity index is 383. The Morgan fingerprint density at radius 2 is 1.93 bits per heavy atom. The number of rotatable bonds is 2. The summed E-state index contributed by atoms with van der Waals surface area (Å²) < 4.78 is 10.5. The van der Waals surface area contributed by atoms with Crippen LogP contribution in [-0.4, -0.2) is 20.3 Å². The largest absolute Gasteiger partial charge is 0.496 e. The minimum absolute atomic E-state index is 0.318. The van der Waals surface area contributed by atoms with Gasteiger partial charge in [-0.15, -0.1) is 11.6 Å². The predicted molar refractivity (Wildman–Crippen MR) is 60.8 cm³/mol. The van der Waals surface area contributed by atoms with Crippen LogP contribution in [0.2, 0.25) is 0 Å². The van der Waals surface area contributed by atoms with Crippen molar-refractivity contribution in [2.75, 3.05) is 20.3 Å². The molecule has 0 bridgehead atoms. The van der Waals surface area contributed by atoms with Crippen LogP contribution in [0.25, 0.3) is 0 Å². The highest BCUT2D eigenvalue weighted by molar-refractivity contribution is 6.25. The van der Waals surface area contributed by atoms with Crippen LogP contribution in [0.1, 0.15) is 16.7 Å². The zero-order valence-electron chi connectivity index (χ0n) is 9.26. The van der Waals surface area contributed by atoms with Gasteiger partial charge in [0.25, 0.3) is 0 Å². The first-order valence-electron chi connectivity index (χ1n) is 5.00. The summed E-state index contributed by atoms with van der Waals surface area (Å²) >= 11 is 6.44. The van der Waals surface area contributed by atoms with Crippen LogP contribution in [0.5, 0.6) is 5.75 Å². The van der Waals surface area contributed by atoms with Crippen molar-refractivity contribution < 1.29 is 9.47 Å². The summed E-state index contributed by atoms with van der Waals surface area (Å²) in [7, 11) is 1.68. The molecule has 0 aromatic heterocycles. The van der Waals surface area contributed by atoms with Gasteiger partial charge in [-0.3, -0.25) is 0 Å². The Hall–Kier alpha value is -0.730. The summed E-state index contributed by atoms with van der Waals surface area (Å²) in [6.07, 6.45) is 0. The molecule has 1 aliphatic heterocycles. The lowest BCUT2D eigenvalue weighted by atomic mass is 9.90. The van der Waals surface area contributed by atoms with Crippen molar-refractivity contribution in [1.82, 2.24) is 0 Å². The molecule has 0 unspecified atom stereocenters. The summed E-state index contributed by atoms with van der Waals surface area (Å²) in [6, 6.07) is 4.01. The lowest BCUT2D eigenvalue weighted by molar-refractivity contribution is -0.0155. The molecule has 1 fully saturated rings. The second-order valence-electron chi connectivity index (χ2n) is 4.02.